The zero-order valence-electron chi connectivity index (χ0n) is 11.5. The molecule has 0 bridgehead atoms. The van der Waals surface area contributed by atoms with E-state index in [9.17, 15) is 4.79 Å². The van der Waals surface area contributed by atoms with Gasteiger partial charge in [-0.25, -0.2) is 0 Å². The molecule has 0 aliphatic heterocycles. The Balaban J connectivity index is 2.57. The van der Waals surface area contributed by atoms with Crippen LogP contribution in [-0.2, 0) is 4.79 Å². The van der Waals surface area contributed by atoms with E-state index >= 15 is 0 Å². The number of hydrogen-bond donors (Lipinski definition) is 1. The van der Waals surface area contributed by atoms with E-state index in [0.717, 1.165) is 18.7 Å². The van der Waals surface area contributed by atoms with Crippen molar-refractivity contribution in [2.45, 2.75) is 26.8 Å². The van der Waals surface area contributed by atoms with E-state index in [0.29, 0.717) is 16.6 Å². The number of nitrogens with one attached hydrogen (secondary N) is 1. The quantitative estimate of drug-likeness (QED) is 0.872. The van der Waals surface area contributed by atoms with Gasteiger partial charge in [-0.05, 0) is 38.5 Å². The van der Waals surface area contributed by atoms with Gasteiger partial charge in [-0.2, -0.15) is 0 Å². The number of hydrogen-bond acceptors (Lipinski definition) is 2. The lowest BCUT2D eigenvalue weighted by Crippen LogP contribution is -2.38. The van der Waals surface area contributed by atoms with Crippen LogP contribution in [-0.4, -0.2) is 30.4 Å². The Bertz CT molecular complexity index is 433. The van der Waals surface area contributed by atoms with Gasteiger partial charge in [0, 0.05) is 19.1 Å². The second kappa shape index (κ2) is 7.73. The number of halogens is 2. The molecule has 0 fully saturated rings. The van der Waals surface area contributed by atoms with Crippen LogP contribution in [0.5, 0.6) is 0 Å². The third-order valence-electron chi connectivity index (χ3n) is 3.12. The molecule has 1 unspecified atom stereocenters. The van der Waals surface area contributed by atoms with Crippen molar-refractivity contribution in [1.29, 1.82) is 0 Å². The van der Waals surface area contributed by atoms with Gasteiger partial charge in [0.05, 0.1) is 16.6 Å². The zero-order chi connectivity index (χ0) is 14.4. The largest absolute Gasteiger partial charge is 0.342 e. The molecule has 5 heteroatoms. The van der Waals surface area contributed by atoms with Gasteiger partial charge in [-0.3, -0.25) is 4.79 Å². The molecule has 0 saturated heterocycles. The van der Waals surface area contributed by atoms with E-state index in [4.69, 9.17) is 23.2 Å². The molecule has 19 heavy (non-hydrogen) atoms. The van der Waals surface area contributed by atoms with Gasteiger partial charge in [0.2, 0.25) is 5.91 Å². The van der Waals surface area contributed by atoms with E-state index in [1.165, 1.54) is 0 Å². The Morgan fingerprint density at radius 2 is 1.89 bits per heavy atom. The Morgan fingerprint density at radius 3 is 2.42 bits per heavy atom. The number of likely N-dealkylation sites (N-methyl/N-ethyl adjacent to an activating group) is 1. The highest BCUT2D eigenvalue weighted by atomic mass is 35.5. The molecule has 1 N–H and O–H groups in total. The Labute approximate surface area is 124 Å². The van der Waals surface area contributed by atoms with E-state index in [1.54, 1.807) is 11.0 Å². The van der Waals surface area contributed by atoms with Gasteiger partial charge in [0.1, 0.15) is 0 Å². The number of benzene rings is 1. The smallest absolute Gasteiger partial charge is 0.236 e. The predicted molar refractivity (Wildman–Crippen MR) is 80.8 cm³/mol. The maximum absolute atomic E-state index is 11.9. The van der Waals surface area contributed by atoms with Crippen molar-refractivity contribution in [1.82, 2.24) is 10.2 Å². The summed E-state index contributed by atoms with van der Waals surface area (Å²) in [7, 11) is 0. The highest BCUT2D eigenvalue weighted by Gasteiger charge is 2.12. The lowest BCUT2D eigenvalue weighted by atomic mass is 10.1. The average Bonchev–Trinajstić information content (AvgIpc) is 2.40. The van der Waals surface area contributed by atoms with Crippen LogP contribution in [0.2, 0.25) is 10.0 Å². The molecular formula is C14H20Cl2N2O. The first-order chi connectivity index (χ1) is 8.99. The van der Waals surface area contributed by atoms with Crippen LogP contribution in [0.25, 0.3) is 0 Å². The van der Waals surface area contributed by atoms with Crippen LogP contribution in [0.3, 0.4) is 0 Å². The number of amides is 1. The predicted octanol–water partition coefficient (Wildman–Crippen LogP) is 3.51. The van der Waals surface area contributed by atoms with Crippen LogP contribution in [0.4, 0.5) is 0 Å². The summed E-state index contributed by atoms with van der Waals surface area (Å²) >= 11 is 11.9. The third kappa shape index (κ3) is 4.68. The zero-order valence-corrected chi connectivity index (χ0v) is 13.1. The standard InChI is InChI=1S/C14H20Cl2N2O/c1-4-18(5-2)14(19)9-17-10(3)11-6-7-12(15)13(16)8-11/h6-8,10,17H,4-5,9H2,1-3H3. The average molecular weight is 303 g/mol. The van der Waals surface area contributed by atoms with Crippen molar-refractivity contribution in [2.24, 2.45) is 0 Å². The summed E-state index contributed by atoms with van der Waals surface area (Å²) in [4.78, 5) is 13.7. The molecule has 0 spiro atoms. The van der Waals surface area contributed by atoms with Crippen LogP contribution in [0.1, 0.15) is 32.4 Å². The molecule has 1 atom stereocenters. The first kappa shape index (κ1) is 16.3. The SMILES string of the molecule is CCN(CC)C(=O)CNC(C)c1ccc(Cl)c(Cl)c1. The van der Waals surface area contributed by atoms with Gasteiger partial charge >= 0.3 is 0 Å². The lowest BCUT2D eigenvalue weighted by molar-refractivity contribution is -0.129. The minimum atomic E-state index is 0.0503. The molecule has 0 heterocycles. The van der Waals surface area contributed by atoms with Crippen LogP contribution in [0.15, 0.2) is 18.2 Å². The molecule has 1 rings (SSSR count). The minimum Gasteiger partial charge on any atom is -0.342 e. The minimum absolute atomic E-state index is 0.0503. The molecule has 1 amide bonds. The van der Waals surface area contributed by atoms with E-state index in [2.05, 4.69) is 5.32 Å². The van der Waals surface area contributed by atoms with Crippen LogP contribution >= 0.6 is 23.2 Å². The Kier molecular flexibility index (Phi) is 6.63. The monoisotopic (exact) mass is 302 g/mol. The molecule has 0 saturated carbocycles. The number of carbonyl (C=O) groups excluding carboxylic acids is 1. The van der Waals surface area contributed by atoms with Crippen molar-refractivity contribution >= 4 is 29.1 Å². The highest BCUT2D eigenvalue weighted by molar-refractivity contribution is 6.42. The van der Waals surface area contributed by atoms with Gasteiger partial charge in [-0.1, -0.05) is 29.3 Å². The molecule has 1 aromatic rings. The fourth-order valence-corrected chi connectivity index (χ4v) is 2.13. The van der Waals surface area contributed by atoms with E-state index in [1.807, 2.05) is 32.9 Å². The molecule has 0 aliphatic rings. The number of nitrogens with zero attached hydrogens (tertiary/aromatic N) is 1. The summed E-state index contributed by atoms with van der Waals surface area (Å²) in [5.74, 6) is 0.108. The topological polar surface area (TPSA) is 32.3 Å². The third-order valence-corrected chi connectivity index (χ3v) is 3.86. The van der Waals surface area contributed by atoms with Crippen LogP contribution < -0.4 is 5.32 Å². The highest BCUT2D eigenvalue weighted by Crippen LogP contribution is 2.25. The van der Waals surface area contributed by atoms with E-state index in [-0.39, 0.29) is 11.9 Å². The van der Waals surface area contributed by atoms with Crippen molar-refractivity contribution in [3.05, 3.63) is 33.8 Å². The molecule has 0 radical (unpaired) electrons. The van der Waals surface area contributed by atoms with Crippen molar-refractivity contribution in [3.63, 3.8) is 0 Å². The Hall–Kier alpha value is -0.770. The van der Waals surface area contributed by atoms with E-state index < -0.39 is 0 Å². The molecule has 106 valence electrons. The number of rotatable bonds is 6. The molecular weight excluding hydrogens is 283 g/mol. The summed E-state index contributed by atoms with van der Waals surface area (Å²) in [5.41, 5.74) is 1.02. The molecule has 0 aliphatic carbocycles. The van der Waals surface area contributed by atoms with Gasteiger partial charge < -0.3 is 10.2 Å². The van der Waals surface area contributed by atoms with Crippen molar-refractivity contribution < 1.29 is 4.79 Å². The first-order valence-corrected chi connectivity index (χ1v) is 7.21. The molecule has 3 nitrogen and oxygen atoms in total. The first-order valence-electron chi connectivity index (χ1n) is 6.45. The summed E-state index contributed by atoms with van der Waals surface area (Å²) in [6, 6.07) is 5.55. The normalized spacial score (nSPS) is 12.3. The maximum atomic E-state index is 11.9. The summed E-state index contributed by atoms with van der Waals surface area (Å²) in [6.45, 7) is 7.74. The Morgan fingerprint density at radius 1 is 1.26 bits per heavy atom. The lowest BCUT2D eigenvalue weighted by Gasteiger charge is -2.21. The number of carbonyl (C=O) groups is 1. The second-order valence-corrected chi connectivity index (χ2v) is 5.16. The van der Waals surface area contributed by atoms with Crippen molar-refractivity contribution in [2.75, 3.05) is 19.6 Å². The fourth-order valence-electron chi connectivity index (χ4n) is 1.83. The second-order valence-electron chi connectivity index (χ2n) is 4.34. The summed E-state index contributed by atoms with van der Waals surface area (Å²) < 4.78 is 0. The summed E-state index contributed by atoms with van der Waals surface area (Å²) in [5, 5.41) is 4.27. The summed E-state index contributed by atoms with van der Waals surface area (Å²) in [6.07, 6.45) is 0. The maximum Gasteiger partial charge on any atom is 0.236 e. The molecule has 1 aromatic carbocycles. The molecule has 0 aromatic heterocycles. The van der Waals surface area contributed by atoms with Crippen LogP contribution in [0, 0.1) is 0 Å². The van der Waals surface area contributed by atoms with Gasteiger partial charge in [-0.15, -0.1) is 0 Å². The fraction of sp³-hybridized carbons (Fsp3) is 0.500. The van der Waals surface area contributed by atoms with Crippen molar-refractivity contribution in [3.8, 4) is 0 Å². The van der Waals surface area contributed by atoms with Gasteiger partial charge in [0.15, 0.2) is 0 Å². The van der Waals surface area contributed by atoms with Gasteiger partial charge in [0.25, 0.3) is 0 Å².